The van der Waals surface area contributed by atoms with Gasteiger partial charge in [0.25, 0.3) is 0 Å². The van der Waals surface area contributed by atoms with Crippen LogP contribution in [0, 0.1) is 0 Å². The first-order valence-corrected chi connectivity index (χ1v) is 18.4. The molecule has 1 nitrogen and oxygen atoms in total. The molecule has 0 amide bonds. The quantitative estimate of drug-likeness (QED) is 0.0785. The highest BCUT2D eigenvalue weighted by Gasteiger charge is 2.19. The summed E-state index contributed by atoms with van der Waals surface area (Å²) in [7, 11) is 0. The first-order valence-electron chi connectivity index (χ1n) is 13.6. The number of unbranched alkanes of at least 4 members (excludes halogenated alkanes) is 22. The van der Waals surface area contributed by atoms with Crippen molar-refractivity contribution >= 4 is 28.9 Å². The topological polar surface area (TPSA) is 26.0 Å². The average Bonchev–Trinajstić information content (AvgIpc) is 2.70. The zero-order valence-electron chi connectivity index (χ0n) is 20.5. The van der Waals surface area contributed by atoms with Gasteiger partial charge < -0.3 is 5.73 Å². The van der Waals surface area contributed by atoms with Crippen LogP contribution in [0.3, 0.4) is 0 Å². The minimum absolute atomic E-state index is 0.868. The molecule has 0 saturated carbocycles. The first-order chi connectivity index (χ1) is 14.6. The summed E-state index contributed by atoms with van der Waals surface area (Å²) < 4.78 is 0. The maximum atomic E-state index is 6.14. The molecule has 0 aliphatic heterocycles. The van der Waals surface area contributed by atoms with Gasteiger partial charge in [0.05, 0.1) is 0 Å². The van der Waals surface area contributed by atoms with E-state index in [0.29, 0.717) is 0 Å². The highest BCUT2D eigenvalue weighted by atomic mass is 35.7. The van der Waals surface area contributed by atoms with Crippen LogP contribution < -0.4 is 5.73 Å². The van der Waals surface area contributed by atoms with Crippen LogP contribution in [-0.2, 0) is 0 Å². The molecular weight excluding hydrogens is 425 g/mol. The fourth-order valence-corrected chi connectivity index (χ4v) is 5.96. The first kappa shape index (κ1) is 30.8. The summed E-state index contributed by atoms with van der Waals surface area (Å²) in [5, 5.41) is 0. The summed E-state index contributed by atoms with van der Waals surface area (Å²) in [6.07, 6.45) is 32.5. The van der Waals surface area contributed by atoms with Crippen LogP contribution in [0.4, 0.5) is 0 Å². The van der Waals surface area contributed by atoms with Gasteiger partial charge in [-0.15, -0.1) is 22.2 Å². The summed E-state index contributed by atoms with van der Waals surface area (Å²) in [6.45, 7) is 1.07. The Morgan fingerprint density at radius 1 is 0.400 bits per heavy atom. The van der Waals surface area contributed by atoms with Crippen molar-refractivity contribution in [2.75, 3.05) is 6.54 Å². The number of nitrogens with two attached hydrogens (primary N) is 1. The van der Waals surface area contributed by atoms with Crippen molar-refractivity contribution in [2.24, 2.45) is 5.73 Å². The normalized spacial score (nSPS) is 12.0. The van der Waals surface area contributed by atoms with Gasteiger partial charge in [0, 0.05) is 0 Å². The van der Waals surface area contributed by atoms with Gasteiger partial charge >= 0.3 is 0 Å². The highest BCUT2D eigenvalue weighted by Crippen LogP contribution is 2.23. The molecule has 0 aromatic carbocycles. The van der Waals surface area contributed by atoms with Gasteiger partial charge in [-0.2, -0.15) is 0 Å². The Morgan fingerprint density at radius 2 is 0.600 bits per heavy atom. The molecule has 30 heavy (non-hydrogen) atoms. The fraction of sp³-hybridized carbons (Fsp3) is 1.00. The SMILES string of the molecule is C[Si](Cl)(Cl)CCCCCCCCCCCCCCCCCCCCCCCCCN. The van der Waals surface area contributed by atoms with E-state index in [9.17, 15) is 0 Å². The van der Waals surface area contributed by atoms with Crippen LogP contribution in [0.1, 0.15) is 148 Å². The van der Waals surface area contributed by atoms with E-state index in [0.717, 1.165) is 12.6 Å². The standard InChI is InChI=1S/C26H55Cl2NSi/c1-30(27,28)26-24-22-20-18-16-14-12-10-8-6-4-2-3-5-7-9-11-13-15-17-19-21-23-25-29/h2-26,29H2,1H3. The molecule has 0 unspecified atom stereocenters. The molecule has 182 valence electrons. The number of hydrogen-bond acceptors (Lipinski definition) is 1. The van der Waals surface area contributed by atoms with E-state index in [1.807, 2.05) is 6.55 Å². The molecule has 0 aromatic rings. The van der Waals surface area contributed by atoms with Gasteiger partial charge in [0.15, 0.2) is 0 Å². The van der Waals surface area contributed by atoms with Gasteiger partial charge in [-0.3, -0.25) is 0 Å². The van der Waals surface area contributed by atoms with Gasteiger partial charge in [-0.25, -0.2) is 0 Å². The molecule has 4 heteroatoms. The fourth-order valence-electron chi connectivity index (χ4n) is 4.29. The van der Waals surface area contributed by atoms with Crippen molar-refractivity contribution < 1.29 is 0 Å². The molecule has 0 atom stereocenters. The Hall–Kier alpha value is 0.757. The van der Waals surface area contributed by atoms with Crippen molar-refractivity contribution in [1.29, 1.82) is 0 Å². The summed E-state index contributed by atoms with van der Waals surface area (Å²) in [5.74, 6) is 0. The third-order valence-electron chi connectivity index (χ3n) is 6.32. The second kappa shape index (κ2) is 24.4. The highest BCUT2D eigenvalue weighted by molar-refractivity contribution is 7.44. The predicted octanol–water partition coefficient (Wildman–Crippen LogP) is 10.5. The van der Waals surface area contributed by atoms with Crippen LogP contribution in [0.2, 0.25) is 12.6 Å². The summed E-state index contributed by atoms with van der Waals surface area (Å²) in [4.78, 5) is 0. The van der Waals surface area contributed by atoms with Gasteiger partial charge in [-0.05, 0) is 25.6 Å². The Kier molecular flexibility index (Phi) is 25.0. The molecule has 0 rings (SSSR count). The lowest BCUT2D eigenvalue weighted by molar-refractivity contribution is 0.518. The van der Waals surface area contributed by atoms with Crippen LogP contribution in [0.5, 0.6) is 0 Å². The van der Waals surface area contributed by atoms with Crippen LogP contribution >= 0.6 is 22.2 Å². The maximum absolute atomic E-state index is 6.14. The van der Waals surface area contributed by atoms with Crippen LogP contribution in [0.25, 0.3) is 0 Å². The average molecular weight is 481 g/mol. The lowest BCUT2D eigenvalue weighted by Crippen LogP contribution is -2.11. The third kappa shape index (κ3) is 28.8. The summed E-state index contributed by atoms with van der Waals surface area (Å²) in [6, 6.07) is 1.06. The summed E-state index contributed by atoms with van der Waals surface area (Å²) in [5.41, 5.74) is 5.52. The zero-order valence-corrected chi connectivity index (χ0v) is 23.0. The lowest BCUT2D eigenvalue weighted by Gasteiger charge is -2.09. The number of halogens is 2. The van der Waals surface area contributed by atoms with E-state index < -0.39 is 6.69 Å². The van der Waals surface area contributed by atoms with E-state index in [-0.39, 0.29) is 0 Å². The molecule has 0 fully saturated rings. The van der Waals surface area contributed by atoms with Crippen molar-refractivity contribution in [1.82, 2.24) is 0 Å². The van der Waals surface area contributed by atoms with E-state index in [1.165, 1.54) is 148 Å². The molecule has 0 aromatic heterocycles. The zero-order chi connectivity index (χ0) is 22.2. The molecule has 0 saturated heterocycles. The number of rotatable bonds is 25. The predicted molar refractivity (Wildman–Crippen MR) is 143 cm³/mol. The molecular formula is C26H55Cl2NSi. The lowest BCUT2D eigenvalue weighted by atomic mass is 10.0. The Balaban J connectivity index is 3.02. The van der Waals surface area contributed by atoms with Crippen molar-refractivity contribution in [3.8, 4) is 0 Å². The molecule has 0 heterocycles. The van der Waals surface area contributed by atoms with Gasteiger partial charge in [0.1, 0.15) is 0 Å². The molecule has 0 aliphatic rings. The van der Waals surface area contributed by atoms with E-state index >= 15 is 0 Å². The third-order valence-corrected chi connectivity index (χ3v) is 8.69. The Labute approximate surface area is 201 Å². The van der Waals surface area contributed by atoms with E-state index in [4.69, 9.17) is 27.9 Å². The minimum atomic E-state index is -1.83. The largest absolute Gasteiger partial charge is 0.330 e. The molecule has 0 spiro atoms. The van der Waals surface area contributed by atoms with Crippen molar-refractivity contribution in [3.05, 3.63) is 0 Å². The Morgan fingerprint density at radius 3 is 0.800 bits per heavy atom. The second-order valence-corrected chi connectivity index (χ2v) is 18.0. The maximum Gasteiger partial charge on any atom is 0.248 e. The van der Waals surface area contributed by atoms with Crippen molar-refractivity contribution in [2.45, 2.75) is 160 Å². The van der Waals surface area contributed by atoms with Crippen molar-refractivity contribution in [3.63, 3.8) is 0 Å². The summed E-state index contributed by atoms with van der Waals surface area (Å²) >= 11 is 12.3. The molecule has 0 radical (unpaired) electrons. The van der Waals surface area contributed by atoms with Crippen LogP contribution in [0.15, 0.2) is 0 Å². The van der Waals surface area contributed by atoms with E-state index in [2.05, 4.69) is 0 Å². The number of hydrogen-bond donors (Lipinski definition) is 1. The smallest absolute Gasteiger partial charge is 0.248 e. The Bertz CT molecular complexity index is 321. The van der Waals surface area contributed by atoms with E-state index in [1.54, 1.807) is 0 Å². The van der Waals surface area contributed by atoms with Gasteiger partial charge in [-0.1, -0.05) is 141 Å². The molecule has 0 bridgehead atoms. The molecule has 0 aliphatic carbocycles. The molecule has 2 N–H and O–H groups in total. The minimum Gasteiger partial charge on any atom is -0.330 e. The second-order valence-electron chi connectivity index (χ2n) is 9.74. The van der Waals surface area contributed by atoms with Gasteiger partial charge in [0.2, 0.25) is 6.69 Å². The van der Waals surface area contributed by atoms with Crippen LogP contribution in [-0.4, -0.2) is 13.2 Å². The monoisotopic (exact) mass is 479 g/mol.